The summed E-state index contributed by atoms with van der Waals surface area (Å²) in [6.45, 7) is 5.45. The number of nitrogens with zero attached hydrogens (tertiary/aromatic N) is 4. The van der Waals surface area contributed by atoms with Gasteiger partial charge < -0.3 is 5.32 Å². The molecule has 0 aliphatic carbocycles. The number of nitrogens with one attached hydrogen (secondary N) is 1. The number of amides is 1. The number of rotatable bonds is 5. The summed E-state index contributed by atoms with van der Waals surface area (Å²) in [4.78, 5) is 12.4. The molecule has 146 valence electrons. The Hall–Kier alpha value is -2.88. The predicted molar refractivity (Wildman–Crippen MR) is 98.9 cm³/mol. The minimum atomic E-state index is -1.64. The van der Waals surface area contributed by atoms with Crippen LogP contribution in [0, 0.1) is 31.3 Å². The van der Waals surface area contributed by atoms with Crippen molar-refractivity contribution in [1.82, 2.24) is 20.2 Å². The maximum absolute atomic E-state index is 13.8. The van der Waals surface area contributed by atoms with Crippen LogP contribution < -0.4 is 5.32 Å². The minimum Gasteiger partial charge on any atom is -0.323 e. The van der Waals surface area contributed by atoms with Crippen LogP contribution in [0.1, 0.15) is 18.1 Å². The van der Waals surface area contributed by atoms with Crippen molar-refractivity contribution in [3.63, 3.8) is 0 Å². The van der Waals surface area contributed by atoms with Gasteiger partial charge in [-0.3, -0.25) is 4.79 Å². The first kappa shape index (κ1) is 19.9. The number of carbonyl (C=O) groups excluding carboxylic acids is 1. The molecule has 0 saturated heterocycles. The average Bonchev–Trinajstić information content (AvgIpc) is 3.10. The highest BCUT2D eigenvalue weighted by molar-refractivity contribution is 8.00. The molecular weight excluding hydrogens is 391 g/mol. The lowest BCUT2D eigenvalue weighted by Crippen LogP contribution is -2.24. The van der Waals surface area contributed by atoms with Crippen LogP contribution in [0.15, 0.2) is 35.5 Å². The summed E-state index contributed by atoms with van der Waals surface area (Å²) in [5, 5.41) is 13.4. The van der Waals surface area contributed by atoms with Crippen LogP contribution in [-0.2, 0) is 4.79 Å². The van der Waals surface area contributed by atoms with Crippen LogP contribution in [0.25, 0.3) is 5.69 Å². The molecule has 6 nitrogen and oxygen atoms in total. The van der Waals surface area contributed by atoms with E-state index < -0.39 is 34.3 Å². The second kappa shape index (κ2) is 8.01. The molecule has 2 aromatic carbocycles. The van der Waals surface area contributed by atoms with E-state index in [1.165, 1.54) is 4.68 Å². The average molecular weight is 407 g/mol. The number of carbonyl (C=O) groups is 1. The second-order valence-electron chi connectivity index (χ2n) is 6.14. The largest absolute Gasteiger partial charge is 0.323 e. The first-order chi connectivity index (χ1) is 13.3. The van der Waals surface area contributed by atoms with E-state index in [1.54, 1.807) is 6.92 Å². The van der Waals surface area contributed by atoms with Crippen molar-refractivity contribution < 1.29 is 18.0 Å². The summed E-state index contributed by atoms with van der Waals surface area (Å²) >= 11 is 1.05. The first-order valence-corrected chi connectivity index (χ1v) is 9.13. The third-order valence-corrected chi connectivity index (χ3v) is 5.00. The predicted octanol–water partition coefficient (Wildman–Crippen LogP) is 3.82. The Morgan fingerprint density at radius 3 is 2.61 bits per heavy atom. The summed E-state index contributed by atoms with van der Waals surface area (Å²) in [6.07, 6.45) is 0. The highest BCUT2D eigenvalue weighted by Gasteiger charge is 2.22. The van der Waals surface area contributed by atoms with Crippen molar-refractivity contribution in [3.05, 3.63) is 58.9 Å². The lowest BCUT2D eigenvalue weighted by molar-refractivity contribution is -0.115. The van der Waals surface area contributed by atoms with Crippen LogP contribution in [0.5, 0.6) is 0 Å². The Kier molecular flexibility index (Phi) is 5.68. The zero-order valence-corrected chi connectivity index (χ0v) is 16.0. The zero-order valence-electron chi connectivity index (χ0n) is 15.2. The molecule has 1 amide bonds. The first-order valence-electron chi connectivity index (χ1n) is 8.25. The van der Waals surface area contributed by atoms with E-state index in [2.05, 4.69) is 20.8 Å². The Balaban J connectivity index is 1.77. The molecule has 1 heterocycles. The number of thioether (sulfide) groups is 1. The quantitative estimate of drug-likeness (QED) is 0.514. The van der Waals surface area contributed by atoms with Crippen molar-refractivity contribution in [1.29, 1.82) is 0 Å². The molecule has 0 aliphatic heterocycles. The van der Waals surface area contributed by atoms with E-state index in [0.29, 0.717) is 5.16 Å². The molecule has 1 unspecified atom stereocenters. The number of benzene rings is 2. The van der Waals surface area contributed by atoms with Gasteiger partial charge in [-0.25, -0.2) is 13.2 Å². The number of aryl methyl sites for hydroxylation is 2. The van der Waals surface area contributed by atoms with Crippen LogP contribution in [-0.4, -0.2) is 31.4 Å². The van der Waals surface area contributed by atoms with E-state index in [1.807, 2.05) is 32.0 Å². The molecule has 0 saturated carbocycles. The van der Waals surface area contributed by atoms with Gasteiger partial charge in [0.15, 0.2) is 17.5 Å². The second-order valence-corrected chi connectivity index (χ2v) is 7.44. The van der Waals surface area contributed by atoms with Crippen LogP contribution in [0.3, 0.4) is 0 Å². The van der Waals surface area contributed by atoms with Crippen molar-refractivity contribution in [2.24, 2.45) is 0 Å². The topological polar surface area (TPSA) is 72.7 Å². The molecular formula is C18H16F3N5OS. The van der Waals surface area contributed by atoms with Crippen LogP contribution >= 0.6 is 11.8 Å². The van der Waals surface area contributed by atoms with Gasteiger partial charge in [0.1, 0.15) is 0 Å². The molecule has 28 heavy (non-hydrogen) atoms. The summed E-state index contributed by atoms with van der Waals surface area (Å²) in [5.74, 6) is -5.03. The number of tetrazole rings is 1. The molecule has 0 fully saturated rings. The van der Waals surface area contributed by atoms with Gasteiger partial charge in [-0.05, 0) is 55.0 Å². The lowest BCUT2D eigenvalue weighted by atomic mass is 10.1. The van der Waals surface area contributed by atoms with Gasteiger partial charge in [-0.2, -0.15) is 4.68 Å². The van der Waals surface area contributed by atoms with Gasteiger partial charge in [0.05, 0.1) is 16.6 Å². The molecule has 1 atom stereocenters. The van der Waals surface area contributed by atoms with Crippen molar-refractivity contribution in [3.8, 4) is 5.69 Å². The number of anilines is 1. The summed E-state index contributed by atoms with van der Waals surface area (Å²) in [7, 11) is 0. The number of hydrogen-bond acceptors (Lipinski definition) is 5. The standard InChI is InChI=1S/C18H16F3N5OS/c1-9-4-7-14(10(2)8-9)26-18(23-24-25-26)28-11(3)17(27)22-13-6-5-12(19)15(20)16(13)21/h4-8,11H,1-3H3,(H,22,27). The molecule has 3 aromatic rings. The molecule has 3 rings (SSSR count). The Bertz CT molecular complexity index is 1040. The van der Waals surface area contributed by atoms with Crippen molar-refractivity contribution >= 4 is 23.4 Å². The normalized spacial score (nSPS) is 12.1. The van der Waals surface area contributed by atoms with Crippen molar-refractivity contribution in [2.75, 3.05) is 5.32 Å². The van der Waals surface area contributed by atoms with Crippen LogP contribution in [0.4, 0.5) is 18.9 Å². The Morgan fingerprint density at radius 1 is 1.14 bits per heavy atom. The maximum Gasteiger partial charge on any atom is 0.237 e. The monoisotopic (exact) mass is 407 g/mol. The molecule has 0 radical (unpaired) electrons. The zero-order chi connectivity index (χ0) is 20.4. The Morgan fingerprint density at radius 2 is 1.89 bits per heavy atom. The van der Waals surface area contributed by atoms with E-state index in [0.717, 1.165) is 40.7 Å². The minimum absolute atomic E-state index is 0.361. The molecule has 0 spiro atoms. The fraction of sp³-hybridized carbons (Fsp3) is 0.222. The Labute approximate surface area is 163 Å². The highest BCUT2D eigenvalue weighted by Crippen LogP contribution is 2.26. The fourth-order valence-corrected chi connectivity index (χ4v) is 3.32. The van der Waals surface area contributed by atoms with E-state index in [9.17, 15) is 18.0 Å². The van der Waals surface area contributed by atoms with E-state index in [4.69, 9.17) is 0 Å². The SMILES string of the molecule is Cc1ccc(-n2nnnc2SC(C)C(=O)Nc2ccc(F)c(F)c2F)c(C)c1. The fourth-order valence-electron chi connectivity index (χ4n) is 2.52. The third kappa shape index (κ3) is 4.01. The number of halogens is 3. The third-order valence-electron chi connectivity index (χ3n) is 3.97. The molecule has 10 heteroatoms. The van der Waals surface area contributed by atoms with E-state index in [-0.39, 0.29) is 0 Å². The lowest BCUT2D eigenvalue weighted by Gasteiger charge is -2.13. The van der Waals surface area contributed by atoms with E-state index >= 15 is 0 Å². The number of hydrogen-bond donors (Lipinski definition) is 1. The van der Waals surface area contributed by atoms with Crippen LogP contribution in [0.2, 0.25) is 0 Å². The van der Waals surface area contributed by atoms with Gasteiger partial charge in [0.2, 0.25) is 11.1 Å². The van der Waals surface area contributed by atoms with Gasteiger partial charge in [-0.15, -0.1) is 5.10 Å². The van der Waals surface area contributed by atoms with Gasteiger partial charge in [0.25, 0.3) is 0 Å². The number of aromatic nitrogens is 4. The smallest absolute Gasteiger partial charge is 0.237 e. The van der Waals surface area contributed by atoms with Gasteiger partial charge in [-0.1, -0.05) is 29.5 Å². The summed E-state index contributed by atoms with van der Waals surface area (Å²) in [5.41, 5.74) is 2.36. The summed E-state index contributed by atoms with van der Waals surface area (Å²) < 4.78 is 41.6. The summed E-state index contributed by atoms with van der Waals surface area (Å²) in [6, 6.07) is 7.47. The molecule has 0 aliphatic rings. The molecule has 1 N–H and O–H groups in total. The van der Waals surface area contributed by atoms with Crippen molar-refractivity contribution in [2.45, 2.75) is 31.2 Å². The molecule has 1 aromatic heterocycles. The maximum atomic E-state index is 13.8. The highest BCUT2D eigenvalue weighted by atomic mass is 32.2. The molecule has 0 bridgehead atoms. The van der Waals surface area contributed by atoms with Gasteiger partial charge >= 0.3 is 0 Å². The van der Waals surface area contributed by atoms with Gasteiger partial charge in [0, 0.05) is 0 Å².